The third-order valence-electron chi connectivity index (χ3n) is 9.14. The standard InChI is InChI=1S/2C13H9.2C7H5FO2.Ti/c2*1-3-7-12-10(5-1)9-11-6-2-4-8-13(11)12;2*8-6-3-1-5(2-4-6)7(9)10;/h2*1-9H;2*1-4H,(H,9,10);/q;;;;+2/p-2. The molecular weight excluding hydrogens is 630 g/mol. The molecule has 0 spiro atoms. The topological polar surface area (TPSA) is 52.6 Å². The normalized spacial score (nSPS) is 13.3. The Labute approximate surface area is 274 Å². The summed E-state index contributed by atoms with van der Waals surface area (Å²) in [4.78, 5) is 28.7. The molecule has 0 atom stereocenters. The van der Waals surface area contributed by atoms with Crippen molar-refractivity contribution in [2.75, 3.05) is 0 Å². The van der Waals surface area contributed by atoms with Crippen molar-refractivity contribution < 1.29 is 42.4 Å². The number of fused-ring (bicyclic) bond motifs is 6. The van der Waals surface area contributed by atoms with Gasteiger partial charge in [0, 0.05) is 0 Å². The van der Waals surface area contributed by atoms with Crippen LogP contribution in [-0.2, 0) is 24.0 Å². The molecule has 0 amide bonds. The van der Waals surface area contributed by atoms with Gasteiger partial charge in [-0.25, -0.2) is 0 Å². The summed E-state index contributed by atoms with van der Waals surface area (Å²) in [5.74, 6) is -2.40. The summed E-state index contributed by atoms with van der Waals surface area (Å²) in [7, 11) is 0. The number of hydrogen-bond acceptors (Lipinski definition) is 4. The average Bonchev–Trinajstić information content (AvgIpc) is 3.62. The van der Waals surface area contributed by atoms with Crippen LogP contribution in [0.5, 0.6) is 0 Å². The second-order valence-electron chi connectivity index (χ2n) is 11.7. The van der Waals surface area contributed by atoms with Crippen LogP contribution < -0.4 is 0 Å². The number of carbonyl (C=O) groups is 2. The molecule has 0 unspecified atom stereocenters. The van der Waals surface area contributed by atoms with Crippen LogP contribution in [0.4, 0.5) is 8.78 Å². The Morgan fingerprint density at radius 1 is 0.426 bits per heavy atom. The van der Waals surface area contributed by atoms with Crippen LogP contribution >= 0.6 is 0 Å². The first-order chi connectivity index (χ1) is 22.9. The fraction of sp³-hybridized carbons (Fsp3) is 0.0500. The van der Waals surface area contributed by atoms with Crippen LogP contribution in [0, 0.1) is 11.6 Å². The summed E-state index contributed by atoms with van der Waals surface area (Å²) in [5, 5.41) is 0. The van der Waals surface area contributed by atoms with Gasteiger partial charge < -0.3 is 0 Å². The maximum absolute atomic E-state index is 14.4. The monoisotopic (exact) mass is 656 g/mol. The molecule has 0 aromatic heterocycles. The van der Waals surface area contributed by atoms with Crippen LogP contribution in [0.2, 0.25) is 0 Å². The van der Waals surface area contributed by atoms with E-state index in [-0.39, 0.29) is 11.1 Å². The molecule has 7 heteroatoms. The summed E-state index contributed by atoms with van der Waals surface area (Å²) in [6.07, 6.45) is 0. The molecule has 0 bridgehead atoms. The summed E-state index contributed by atoms with van der Waals surface area (Å²) in [6, 6.07) is 42.0. The minimum atomic E-state index is -5.15. The fourth-order valence-corrected chi connectivity index (χ4v) is 14.1. The van der Waals surface area contributed by atoms with E-state index in [1.165, 1.54) is 48.5 Å². The summed E-state index contributed by atoms with van der Waals surface area (Å²) >= 11 is -5.15. The zero-order valence-corrected chi connectivity index (χ0v) is 26.5. The van der Waals surface area contributed by atoms with Gasteiger partial charge in [0.15, 0.2) is 0 Å². The molecular formula is C40H26F2O4Ti. The molecule has 2 aliphatic rings. The molecule has 0 aliphatic heterocycles. The predicted molar refractivity (Wildman–Crippen MR) is 171 cm³/mol. The SMILES string of the molecule is O=C([O][Ti]([O]C(=O)c1ccc(F)cc1)([CH]1c2ccccc2-c2ccccc21)[CH]1c2ccccc2-c2ccccc21)c1ccc(F)cc1. The van der Waals surface area contributed by atoms with Crippen molar-refractivity contribution in [3.05, 3.63) is 191 Å². The maximum atomic E-state index is 14.4. The van der Waals surface area contributed by atoms with E-state index in [0.29, 0.717) is 0 Å². The second-order valence-corrected chi connectivity index (χ2v) is 16.4. The zero-order chi connectivity index (χ0) is 32.1. The Morgan fingerprint density at radius 2 is 0.702 bits per heavy atom. The van der Waals surface area contributed by atoms with Crippen molar-refractivity contribution in [2.45, 2.75) is 8.45 Å². The first-order valence-electron chi connectivity index (χ1n) is 15.3. The molecule has 6 aromatic carbocycles. The van der Waals surface area contributed by atoms with E-state index >= 15 is 0 Å². The summed E-state index contributed by atoms with van der Waals surface area (Å²) in [5.41, 5.74) is 7.75. The van der Waals surface area contributed by atoms with Crippen molar-refractivity contribution in [2.24, 2.45) is 0 Å². The van der Waals surface area contributed by atoms with E-state index in [4.69, 9.17) is 6.64 Å². The third-order valence-corrected chi connectivity index (χ3v) is 15.2. The van der Waals surface area contributed by atoms with Crippen molar-refractivity contribution >= 4 is 11.9 Å². The molecule has 47 heavy (non-hydrogen) atoms. The van der Waals surface area contributed by atoms with Gasteiger partial charge in [0.2, 0.25) is 0 Å². The number of carbonyl (C=O) groups excluding carboxylic acids is 2. The minimum absolute atomic E-state index is 0.137. The number of benzene rings is 6. The van der Waals surface area contributed by atoms with Crippen LogP contribution in [0.15, 0.2) is 146 Å². The predicted octanol–water partition coefficient (Wildman–Crippen LogP) is 9.50. The molecule has 228 valence electrons. The van der Waals surface area contributed by atoms with E-state index in [1.807, 2.05) is 97.1 Å². The van der Waals surface area contributed by atoms with E-state index < -0.39 is 49.4 Å². The molecule has 6 aromatic rings. The van der Waals surface area contributed by atoms with Crippen LogP contribution in [0.1, 0.15) is 51.4 Å². The van der Waals surface area contributed by atoms with Crippen LogP contribution in [-0.4, -0.2) is 11.9 Å². The number of halogens is 2. The van der Waals surface area contributed by atoms with Gasteiger partial charge in [-0.3, -0.25) is 0 Å². The Balaban J connectivity index is 1.44. The van der Waals surface area contributed by atoms with Gasteiger partial charge in [0.05, 0.1) is 0 Å². The molecule has 0 fully saturated rings. The Morgan fingerprint density at radius 3 is 1.00 bits per heavy atom. The van der Waals surface area contributed by atoms with Gasteiger partial charge >= 0.3 is 276 Å². The Hall–Kier alpha value is -5.17. The third kappa shape index (κ3) is 4.84. The summed E-state index contributed by atoms with van der Waals surface area (Å²) in [6.45, 7) is 0. The van der Waals surface area contributed by atoms with Gasteiger partial charge in [-0.2, -0.15) is 0 Å². The van der Waals surface area contributed by atoms with Gasteiger partial charge in [0.25, 0.3) is 0 Å². The second kappa shape index (κ2) is 11.6. The molecule has 0 saturated heterocycles. The summed E-state index contributed by atoms with van der Waals surface area (Å²) < 4.78 is 40.6. The van der Waals surface area contributed by atoms with Crippen molar-refractivity contribution in [1.82, 2.24) is 0 Å². The first kappa shape index (κ1) is 29.3. The average molecular weight is 657 g/mol. The molecule has 0 N–H and O–H groups in total. The number of rotatable bonds is 6. The molecule has 4 nitrogen and oxygen atoms in total. The quantitative estimate of drug-likeness (QED) is 0.168. The van der Waals surface area contributed by atoms with Gasteiger partial charge in [0.1, 0.15) is 0 Å². The fourth-order valence-electron chi connectivity index (χ4n) is 7.18. The van der Waals surface area contributed by atoms with Crippen molar-refractivity contribution in [3.8, 4) is 22.3 Å². The molecule has 0 saturated carbocycles. The first-order valence-corrected chi connectivity index (χ1v) is 18.4. The van der Waals surface area contributed by atoms with E-state index in [0.717, 1.165) is 44.5 Å². The van der Waals surface area contributed by atoms with Crippen molar-refractivity contribution in [1.29, 1.82) is 0 Å². The molecule has 8 rings (SSSR count). The molecule has 0 heterocycles. The van der Waals surface area contributed by atoms with Gasteiger partial charge in [-0.1, -0.05) is 0 Å². The molecule has 0 radical (unpaired) electrons. The van der Waals surface area contributed by atoms with Crippen LogP contribution in [0.3, 0.4) is 0 Å². The van der Waals surface area contributed by atoms with E-state index in [2.05, 4.69) is 0 Å². The van der Waals surface area contributed by atoms with Crippen molar-refractivity contribution in [3.63, 3.8) is 0 Å². The van der Waals surface area contributed by atoms with Crippen LogP contribution in [0.25, 0.3) is 22.3 Å². The number of hydrogen-bond donors (Lipinski definition) is 0. The van der Waals surface area contributed by atoms with Gasteiger partial charge in [-0.05, 0) is 0 Å². The van der Waals surface area contributed by atoms with E-state index in [1.54, 1.807) is 0 Å². The Bertz CT molecular complexity index is 1930. The Kier molecular flexibility index (Phi) is 7.20. The van der Waals surface area contributed by atoms with Gasteiger partial charge in [-0.15, -0.1) is 0 Å². The van der Waals surface area contributed by atoms with E-state index in [9.17, 15) is 18.4 Å². The zero-order valence-electron chi connectivity index (χ0n) is 24.9. The molecule has 2 aliphatic carbocycles.